The van der Waals surface area contributed by atoms with Gasteiger partial charge < -0.3 is 10.2 Å². The number of amides is 1. The van der Waals surface area contributed by atoms with Gasteiger partial charge in [0.05, 0.1) is 18.4 Å². The lowest BCUT2D eigenvalue weighted by Gasteiger charge is -2.16. The molecule has 0 aliphatic rings. The number of carbonyl (C=O) groups is 1. The van der Waals surface area contributed by atoms with Crippen molar-refractivity contribution in [3.63, 3.8) is 0 Å². The van der Waals surface area contributed by atoms with Crippen LogP contribution < -0.4 is 5.32 Å². The Bertz CT molecular complexity index is 381. The van der Waals surface area contributed by atoms with Crippen LogP contribution in [0.1, 0.15) is 23.8 Å². The maximum atomic E-state index is 12.1. The van der Waals surface area contributed by atoms with E-state index in [0.29, 0.717) is 0 Å². The van der Waals surface area contributed by atoms with E-state index in [1.165, 1.54) is 19.3 Å². The molecule has 1 amide bonds. The highest BCUT2D eigenvalue weighted by atomic mass is 19.3. The summed E-state index contributed by atoms with van der Waals surface area (Å²) >= 11 is 0. The molecule has 0 aliphatic carbocycles. The normalized spacial score (nSPS) is 10.5. The van der Waals surface area contributed by atoms with Crippen LogP contribution in [0.15, 0.2) is 18.3 Å². The Labute approximate surface area is 105 Å². The van der Waals surface area contributed by atoms with E-state index < -0.39 is 18.9 Å². The van der Waals surface area contributed by atoms with E-state index in [9.17, 15) is 13.6 Å². The number of nitrogens with zero attached hydrogens (tertiary/aromatic N) is 2. The summed E-state index contributed by atoms with van der Waals surface area (Å²) in [5.74, 6) is -0.502. The van der Waals surface area contributed by atoms with E-state index in [0.717, 1.165) is 23.6 Å². The van der Waals surface area contributed by atoms with E-state index in [4.69, 9.17) is 0 Å². The predicted octanol–water partition coefficient (Wildman–Crippen LogP) is 2.24. The zero-order chi connectivity index (χ0) is 13.5. The summed E-state index contributed by atoms with van der Waals surface area (Å²) in [4.78, 5) is 16.6. The Morgan fingerprint density at radius 1 is 1.50 bits per heavy atom. The van der Waals surface area contributed by atoms with E-state index in [1.807, 2.05) is 6.92 Å². The molecule has 0 spiro atoms. The first kappa shape index (κ1) is 14.3. The molecule has 0 saturated carbocycles. The van der Waals surface area contributed by atoms with Crippen molar-refractivity contribution in [2.75, 3.05) is 25.5 Å². The first-order valence-electron chi connectivity index (χ1n) is 5.78. The lowest BCUT2D eigenvalue weighted by molar-refractivity contribution is 0.0615. The van der Waals surface area contributed by atoms with Crippen molar-refractivity contribution in [1.82, 2.24) is 9.88 Å². The van der Waals surface area contributed by atoms with Crippen molar-refractivity contribution in [2.24, 2.45) is 0 Å². The molecule has 1 N–H and O–H groups in total. The molecule has 4 nitrogen and oxygen atoms in total. The summed E-state index contributed by atoms with van der Waals surface area (Å²) in [5, 5.41) is 3.11. The molecule has 0 saturated heterocycles. The number of pyridine rings is 1. The minimum Gasteiger partial charge on any atom is -0.384 e. The summed E-state index contributed by atoms with van der Waals surface area (Å²) in [7, 11) is 1.33. The van der Waals surface area contributed by atoms with Gasteiger partial charge in [0.15, 0.2) is 0 Å². The quantitative estimate of drug-likeness (QED) is 0.850. The maximum absolute atomic E-state index is 12.1. The topological polar surface area (TPSA) is 45.2 Å². The summed E-state index contributed by atoms with van der Waals surface area (Å²) < 4.78 is 24.3. The van der Waals surface area contributed by atoms with Gasteiger partial charge in [-0.25, -0.2) is 13.8 Å². The molecule has 0 aromatic carbocycles. The van der Waals surface area contributed by atoms with Crippen LogP contribution in [-0.4, -0.2) is 42.4 Å². The molecule has 0 bridgehead atoms. The van der Waals surface area contributed by atoms with Crippen molar-refractivity contribution in [3.8, 4) is 0 Å². The standard InChI is InChI=1S/C12H17F2N3O/c1-3-6-15-9-4-5-10(16-7-9)12(18)17(2)8-11(13)14/h4-5,7,11,15H,3,6,8H2,1-2H3. The number of aromatic nitrogens is 1. The fourth-order valence-corrected chi connectivity index (χ4v) is 1.38. The summed E-state index contributed by atoms with van der Waals surface area (Å²) in [5.41, 5.74) is 0.977. The highest BCUT2D eigenvalue weighted by Crippen LogP contribution is 2.08. The Morgan fingerprint density at radius 3 is 2.72 bits per heavy atom. The molecular weight excluding hydrogens is 240 g/mol. The summed E-state index contributed by atoms with van der Waals surface area (Å²) in [6.07, 6.45) is -0.0267. The van der Waals surface area contributed by atoms with Crippen molar-refractivity contribution in [2.45, 2.75) is 19.8 Å². The summed E-state index contributed by atoms with van der Waals surface area (Å²) in [6, 6.07) is 3.24. The van der Waals surface area contributed by atoms with Gasteiger partial charge in [0.1, 0.15) is 5.69 Å². The second-order valence-corrected chi connectivity index (χ2v) is 3.94. The fourth-order valence-electron chi connectivity index (χ4n) is 1.38. The number of hydrogen-bond acceptors (Lipinski definition) is 3. The highest BCUT2D eigenvalue weighted by molar-refractivity contribution is 5.92. The van der Waals surface area contributed by atoms with Crippen molar-refractivity contribution >= 4 is 11.6 Å². The largest absolute Gasteiger partial charge is 0.384 e. The number of nitrogens with one attached hydrogen (secondary N) is 1. The van der Waals surface area contributed by atoms with E-state index in [-0.39, 0.29) is 5.69 Å². The number of alkyl halides is 2. The molecular formula is C12H17F2N3O. The first-order chi connectivity index (χ1) is 8.54. The van der Waals surface area contributed by atoms with Crippen molar-refractivity contribution in [1.29, 1.82) is 0 Å². The molecule has 100 valence electrons. The molecule has 0 fully saturated rings. The van der Waals surface area contributed by atoms with Gasteiger partial charge in [-0.2, -0.15) is 0 Å². The van der Waals surface area contributed by atoms with Crippen LogP contribution >= 0.6 is 0 Å². The minimum atomic E-state index is -2.54. The predicted molar refractivity (Wildman–Crippen MR) is 66.0 cm³/mol. The van der Waals surface area contributed by atoms with Crippen LogP contribution in [0.5, 0.6) is 0 Å². The van der Waals surface area contributed by atoms with E-state index in [1.54, 1.807) is 6.07 Å². The molecule has 6 heteroatoms. The number of anilines is 1. The third-order valence-corrected chi connectivity index (χ3v) is 2.32. The van der Waals surface area contributed by atoms with Gasteiger partial charge in [0.25, 0.3) is 12.3 Å². The molecule has 1 heterocycles. The van der Waals surface area contributed by atoms with Crippen molar-refractivity contribution in [3.05, 3.63) is 24.0 Å². The molecule has 18 heavy (non-hydrogen) atoms. The molecule has 0 atom stereocenters. The zero-order valence-corrected chi connectivity index (χ0v) is 10.5. The van der Waals surface area contributed by atoms with Gasteiger partial charge in [-0.1, -0.05) is 6.92 Å². The van der Waals surface area contributed by atoms with E-state index in [2.05, 4.69) is 10.3 Å². The van der Waals surface area contributed by atoms with Crippen LogP contribution in [0.3, 0.4) is 0 Å². The molecule has 1 rings (SSSR count). The second-order valence-electron chi connectivity index (χ2n) is 3.94. The van der Waals surface area contributed by atoms with Gasteiger partial charge in [0, 0.05) is 13.6 Å². The lowest BCUT2D eigenvalue weighted by Crippen LogP contribution is -2.31. The zero-order valence-electron chi connectivity index (χ0n) is 10.5. The number of carbonyl (C=O) groups excluding carboxylic acids is 1. The van der Waals surface area contributed by atoms with Crippen LogP contribution in [0.2, 0.25) is 0 Å². The van der Waals surface area contributed by atoms with Crippen LogP contribution in [0.25, 0.3) is 0 Å². The Kier molecular flexibility index (Phi) is 5.48. The van der Waals surface area contributed by atoms with Gasteiger partial charge in [0.2, 0.25) is 0 Å². The third-order valence-electron chi connectivity index (χ3n) is 2.32. The number of rotatable bonds is 6. The van der Waals surface area contributed by atoms with E-state index >= 15 is 0 Å². The van der Waals surface area contributed by atoms with Gasteiger partial charge in [-0.05, 0) is 18.6 Å². The average Bonchev–Trinajstić information content (AvgIpc) is 2.35. The van der Waals surface area contributed by atoms with Crippen LogP contribution in [0.4, 0.5) is 14.5 Å². The third kappa shape index (κ3) is 4.27. The Morgan fingerprint density at radius 2 is 2.22 bits per heavy atom. The number of hydrogen-bond donors (Lipinski definition) is 1. The maximum Gasteiger partial charge on any atom is 0.272 e. The van der Waals surface area contributed by atoms with Gasteiger partial charge in [-0.3, -0.25) is 4.79 Å². The molecule has 1 aromatic rings. The first-order valence-corrected chi connectivity index (χ1v) is 5.78. The van der Waals surface area contributed by atoms with Gasteiger partial charge >= 0.3 is 0 Å². The van der Waals surface area contributed by atoms with Crippen LogP contribution in [0, 0.1) is 0 Å². The smallest absolute Gasteiger partial charge is 0.272 e. The summed E-state index contributed by atoms with van der Waals surface area (Å²) in [6.45, 7) is 2.27. The van der Waals surface area contributed by atoms with Crippen molar-refractivity contribution < 1.29 is 13.6 Å². The Balaban J connectivity index is 2.63. The molecule has 0 unspecified atom stereocenters. The molecule has 0 radical (unpaired) electrons. The molecule has 0 aliphatic heterocycles. The monoisotopic (exact) mass is 257 g/mol. The molecule has 1 aromatic heterocycles. The van der Waals surface area contributed by atoms with Crippen LogP contribution in [-0.2, 0) is 0 Å². The number of halogens is 2. The fraction of sp³-hybridized carbons (Fsp3) is 0.500. The average molecular weight is 257 g/mol. The SMILES string of the molecule is CCCNc1ccc(C(=O)N(C)CC(F)F)nc1. The highest BCUT2D eigenvalue weighted by Gasteiger charge is 2.16. The second kappa shape index (κ2) is 6.88. The van der Waals surface area contributed by atoms with Gasteiger partial charge in [-0.15, -0.1) is 0 Å². The Hall–Kier alpha value is -1.72. The minimum absolute atomic E-state index is 0.167. The lowest BCUT2D eigenvalue weighted by atomic mass is 10.3.